The van der Waals surface area contributed by atoms with Crippen molar-refractivity contribution < 1.29 is 0 Å². The van der Waals surface area contributed by atoms with E-state index in [2.05, 4.69) is 229 Å². The van der Waals surface area contributed by atoms with Crippen LogP contribution in [0.5, 0.6) is 0 Å². The van der Waals surface area contributed by atoms with Gasteiger partial charge in [-0.25, -0.2) is 15.0 Å². The minimum Gasteiger partial charge on any atom is -0.307 e. The Morgan fingerprint density at radius 1 is 0.294 bits per heavy atom. The third kappa shape index (κ3) is 6.88. The second-order valence-electron chi connectivity index (χ2n) is 17.1. The van der Waals surface area contributed by atoms with Crippen LogP contribution in [0.25, 0.3) is 126 Å². The fourth-order valence-corrected chi connectivity index (χ4v) is 11.1. The normalized spacial score (nSPS) is 11.5. The molecule has 0 spiro atoms. The fourth-order valence-electron chi connectivity index (χ4n) is 9.84. The van der Waals surface area contributed by atoms with Crippen LogP contribution in [0.3, 0.4) is 0 Å². The van der Waals surface area contributed by atoms with E-state index < -0.39 is 0 Å². The third-order valence-corrected chi connectivity index (χ3v) is 14.2. The summed E-state index contributed by atoms with van der Waals surface area (Å²) < 4.78 is 5.08. The van der Waals surface area contributed by atoms with Crippen molar-refractivity contribution in [1.29, 1.82) is 0 Å². The Morgan fingerprint density at radius 3 is 1.26 bits per heavy atom. The highest BCUT2D eigenvalue weighted by Gasteiger charge is 2.25. The number of nitrogens with zero attached hydrogens (tertiary/aromatic N) is 4. The molecule has 318 valence electrons. The zero-order valence-corrected chi connectivity index (χ0v) is 37.6. The summed E-state index contributed by atoms with van der Waals surface area (Å²) in [4.78, 5) is 16.1. The molecule has 0 aliphatic heterocycles. The van der Waals surface area contributed by atoms with Crippen LogP contribution >= 0.6 is 11.3 Å². The van der Waals surface area contributed by atoms with Gasteiger partial charge in [-0.05, 0) is 75.8 Å². The molecule has 0 N–H and O–H groups in total. The van der Waals surface area contributed by atoms with Crippen molar-refractivity contribution in [3.8, 4) is 84.4 Å². The van der Waals surface area contributed by atoms with Crippen LogP contribution < -0.4 is 0 Å². The number of thiophene rings is 1. The molecule has 0 radical (unpaired) electrons. The lowest BCUT2D eigenvalue weighted by Gasteiger charge is -2.21. The Balaban J connectivity index is 1.13. The van der Waals surface area contributed by atoms with Crippen LogP contribution in [-0.2, 0) is 0 Å². The van der Waals surface area contributed by atoms with Gasteiger partial charge in [0, 0.05) is 54.1 Å². The molecule has 5 heteroatoms. The van der Waals surface area contributed by atoms with Gasteiger partial charge in [0.2, 0.25) is 0 Å². The molecule has 0 saturated carbocycles. The van der Waals surface area contributed by atoms with Crippen LogP contribution in [0, 0.1) is 0 Å². The van der Waals surface area contributed by atoms with Crippen LogP contribution in [0.2, 0.25) is 0 Å². The smallest absolute Gasteiger partial charge is 0.164 e. The van der Waals surface area contributed by atoms with Gasteiger partial charge in [0.1, 0.15) is 0 Å². The Morgan fingerprint density at radius 2 is 0.706 bits per heavy atom. The second-order valence-corrected chi connectivity index (χ2v) is 18.2. The second kappa shape index (κ2) is 16.6. The number of rotatable bonds is 8. The number of fused-ring (bicyclic) bond motifs is 7. The monoisotopic (exact) mass is 884 g/mol. The van der Waals surface area contributed by atoms with Crippen molar-refractivity contribution in [2.45, 2.75) is 0 Å². The number of hydrogen-bond donors (Lipinski definition) is 0. The van der Waals surface area contributed by atoms with E-state index in [9.17, 15) is 0 Å². The van der Waals surface area contributed by atoms with Gasteiger partial charge < -0.3 is 4.57 Å². The molecule has 0 unspecified atom stereocenters. The summed E-state index contributed by atoms with van der Waals surface area (Å²) >= 11 is 1.87. The first-order chi connectivity index (χ1) is 33.7. The molecule has 0 amide bonds. The standard InChI is InChI=1S/C63H40N4S/c1-6-20-41(21-7-1)46-36-47(42-22-8-2-9-23-42)38-48(37-46)62-64-61(45-28-14-5-15-29-45)65-63(66-62)49-39-54(43-24-10-3-11-25-43)58(55(40-49)44-26-12-4-13-27-44)67-56-32-18-16-30-50(56)52-34-35-53-51-31-17-19-33-57(51)68-60(53)59(52)67/h1-40H. The molecule has 4 nitrogen and oxygen atoms in total. The molecule has 3 heterocycles. The van der Waals surface area contributed by atoms with E-state index in [1.165, 1.54) is 36.5 Å². The average molecular weight is 885 g/mol. The first-order valence-electron chi connectivity index (χ1n) is 22.9. The number of aromatic nitrogens is 4. The molecule has 0 fully saturated rings. The van der Waals surface area contributed by atoms with E-state index >= 15 is 0 Å². The van der Waals surface area contributed by atoms with Crippen molar-refractivity contribution in [2.24, 2.45) is 0 Å². The average Bonchev–Trinajstić information content (AvgIpc) is 3.97. The van der Waals surface area contributed by atoms with Gasteiger partial charge in [0.05, 0.1) is 21.4 Å². The first kappa shape index (κ1) is 39.6. The molecule has 0 saturated heterocycles. The summed E-state index contributed by atoms with van der Waals surface area (Å²) in [6.07, 6.45) is 0. The zero-order valence-electron chi connectivity index (χ0n) is 36.8. The molecule has 3 aromatic heterocycles. The molecular weight excluding hydrogens is 845 g/mol. The highest BCUT2D eigenvalue weighted by molar-refractivity contribution is 7.26. The van der Waals surface area contributed by atoms with E-state index in [1.54, 1.807) is 0 Å². The van der Waals surface area contributed by atoms with Crippen LogP contribution in [0.15, 0.2) is 243 Å². The molecule has 0 aliphatic carbocycles. The molecule has 13 rings (SSSR count). The minimum atomic E-state index is 0.593. The Hall–Kier alpha value is -8.77. The predicted octanol–water partition coefficient (Wildman–Crippen LogP) is 17.0. The van der Waals surface area contributed by atoms with Crippen molar-refractivity contribution in [3.05, 3.63) is 243 Å². The van der Waals surface area contributed by atoms with Gasteiger partial charge in [0.15, 0.2) is 17.5 Å². The molecule has 0 bridgehead atoms. The molecule has 13 aromatic rings. The van der Waals surface area contributed by atoms with Crippen molar-refractivity contribution in [3.63, 3.8) is 0 Å². The van der Waals surface area contributed by atoms with E-state index in [4.69, 9.17) is 15.0 Å². The van der Waals surface area contributed by atoms with E-state index in [-0.39, 0.29) is 0 Å². The highest BCUT2D eigenvalue weighted by atomic mass is 32.1. The molecular formula is C63H40N4S. The number of hydrogen-bond acceptors (Lipinski definition) is 4. The summed E-state index contributed by atoms with van der Waals surface area (Å²) in [5.74, 6) is 1.80. The maximum absolute atomic E-state index is 5.47. The molecule has 10 aromatic carbocycles. The summed E-state index contributed by atoms with van der Waals surface area (Å²) in [7, 11) is 0. The highest BCUT2D eigenvalue weighted by Crippen LogP contribution is 2.47. The number of para-hydroxylation sites is 1. The summed E-state index contributed by atoms with van der Waals surface area (Å²) in [5, 5.41) is 4.98. The minimum absolute atomic E-state index is 0.593. The largest absolute Gasteiger partial charge is 0.307 e. The summed E-state index contributed by atoms with van der Waals surface area (Å²) in [6, 6.07) is 86.4. The van der Waals surface area contributed by atoms with Crippen LogP contribution in [0.4, 0.5) is 0 Å². The SMILES string of the molecule is c1ccc(-c2cc(-c3ccccc3)cc(-c3nc(-c4ccccc4)nc(-c4cc(-c5ccccc5)c(-n5c6ccccc6c6ccc7c8ccccc8sc7c65)c(-c5ccccc5)c4)n3)c2)cc1. The van der Waals surface area contributed by atoms with E-state index in [1.807, 2.05) is 29.5 Å². The Labute approximate surface area is 397 Å². The summed E-state index contributed by atoms with van der Waals surface area (Å²) in [5.41, 5.74) is 14.9. The van der Waals surface area contributed by atoms with Gasteiger partial charge >= 0.3 is 0 Å². The van der Waals surface area contributed by atoms with Crippen LogP contribution in [-0.4, -0.2) is 19.5 Å². The topological polar surface area (TPSA) is 43.6 Å². The lowest BCUT2D eigenvalue weighted by atomic mass is 9.92. The fraction of sp³-hybridized carbons (Fsp3) is 0. The van der Waals surface area contributed by atoms with E-state index in [0.717, 1.165) is 72.4 Å². The zero-order chi connectivity index (χ0) is 45.0. The predicted molar refractivity (Wildman–Crippen MR) is 285 cm³/mol. The lowest BCUT2D eigenvalue weighted by Crippen LogP contribution is -2.04. The van der Waals surface area contributed by atoms with Crippen molar-refractivity contribution in [2.75, 3.05) is 0 Å². The maximum Gasteiger partial charge on any atom is 0.164 e. The maximum atomic E-state index is 5.47. The number of benzene rings is 10. The van der Waals surface area contributed by atoms with Crippen molar-refractivity contribution >= 4 is 53.3 Å². The Kier molecular flexibility index (Phi) is 9.66. The van der Waals surface area contributed by atoms with E-state index in [0.29, 0.717) is 17.5 Å². The third-order valence-electron chi connectivity index (χ3n) is 13.0. The molecule has 0 atom stereocenters. The quantitative estimate of drug-likeness (QED) is 0.153. The molecule has 68 heavy (non-hydrogen) atoms. The van der Waals surface area contributed by atoms with Gasteiger partial charge in [-0.1, -0.05) is 200 Å². The molecule has 0 aliphatic rings. The van der Waals surface area contributed by atoms with Gasteiger partial charge in [-0.2, -0.15) is 0 Å². The Bertz CT molecular complexity index is 3880. The van der Waals surface area contributed by atoms with Crippen molar-refractivity contribution in [1.82, 2.24) is 19.5 Å². The van der Waals surface area contributed by atoms with Gasteiger partial charge in [-0.3, -0.25) is 0 Å². The van der Waals surface area contributed by atoms with Crippen LogP contribution in [0.1, 0.15) is 0 Å². The van der Waals surface area contributed by atoms with Gasteiger partial charge in [-0.15, -0.1) is 11.3 Å². The summed E-state index contributed by atoms with van der Waals surface area (Å²) in [6.45, 7) is 0. The van der Waals surface area contributed by atoms with Gasteiger partial charge in [0.25, 0.3) is 0 Å². The lowest BCUT2D eigenvalue weighted by molar-refractivity contribution is 1.07. The first-order valence-corrected chi connectivity index (χ1v) is 23.7.